The second kappa shape index (κ2) is 7.55. The Labute approximate surface area is 147 Å². The SMILES string of the molecule is CC(=O)N1CCN(C(=O)CNc2ccccc2N2CCCC2=O)CC1. The Morgan fingerprint density at radius 3 is 2.36 bits per heavy atom. The van der Waals surface area contributed by atoms with Crippen molar-refractivity contribution >= 4 is 29.1 Å². The van der Waals surface area contributed by atoms with Crippen molar-refractivity contribution in [2.45, 2.75) is 19.8 Å². The molecule has 3 amide bonds. The van der Waals surface area contributed by atoms with Gasteiger partial charge in [0.1, 0.15) is 0 Å². The lowest BCUT2D eigenvalue weighted by Gasteiger charge is -2.34. The van der Waals surface area contributed by atoms with Crippen LogP contribution in [0, 0.1) is 0 Å². The van der Waals surface area contributed by atoms with Crippen LogP contribution in [0.1, 0.15) is 19.8 Å². The largest absolute Gasteiger partial charge is 0.374 e. The van der Waals surface area contributed by atoms with Crippen LogP contribution in [0.25, 0.3) is 0 Å². The first-order chi connectivity index (χ1) is 12.1. The molecule has 1 N–H and O–H groups in total. The quantitative estimate of drug-likeness (QED) is 0.881. The molecule has 0 aromatic heterocycles. The van der Waals surface area contributed by atoms with E-state index < -0.39 is 0 Å². The van der Waals surface area contributed by atoms with E-state index in [4.69, 9.17) is 0 Å². The van der Waals surface area contributed by atoms with Crippen LogP contribution in [0.5, 0.6) is 0 Å². The van der Waals surface area contributed by atoms with E-state index in [1.165, 1.54) is 0 Å². The normalized spacial score (nSPS) is 17.8. The molecule has 1 aromatic carbocycles. The summed E-state index contributed by atoms with van der Waals surface area (Å²) in [5, 5.41) is 3.18. The summed E-state index contributed by atoms with van der Waals surface area (Å²) in [5.74, 6) is 0.182. The summed E-state index contributed by atoms with van der Waals surface area (Å²) in [4.78, 5) is 41.1. The van der Waals surface area contributed by atoms with E-state index >= 15 is 0 Å². The molecule has 2 fully saturated rings. The minimum atomic E-state index is 0.00533. The number of benzene rings is 1. The molecule has 0 aliphatic carbocycles. The van der Waals surface area contributed by atoms with Crippen LogP contribution in [-0.2, 0) is 14.4 Å². The van der Waals surface area contributed by atoms with Gasteiger partial charge < -0.3 is 20.0 Å². The highest BCUT2D eigenvalue weighted by Gasteiger charge is 2.25. The third-order valence-corrected chi connectivity index (χ3v) is 4.78. The fourth-order valence-electron chi connectivity index (χ4n) is 3.31. The third-order valence-electron chi connectivity index (χ3n) is 4.78. The molecule has 0 radical (unpaired) electrons. The van der Waals surface area contributed by atoms with Gasteiger partial charge in [0.15, 0.2) is 0 Å². The number of nitrogens with zero attached hydrogens (tertiary/aromatic N) is 3. The number of piperazine rings is 1. The summed E-state index contributed by atoms with van der Waals surface area (Å²) in [7, 11) is 0. The van der Waals surface area contributed by atoms with Crippen molar-refractivity contribution in [3.8, 4) is 0 Å². The second-order valence-corrected chi connectivity index (χ2v) is 6.41. The summed E-state index contributed by atoms with van der Waals surface area (Å²) in [6.45, 7) is 4.74. The van der Waals surface area contributed by atoms with Crippen molar-refractivity contribution in [1.29, 1.82) is 0 Å². The molecule has 7 heteroatoms. The van der Waals surface area contributed by atoms with Gasteiger partial charge in [0, 0.05) is 46.1 Å². The lowest BCUT2D eigenvalue weighted by molar-refractivity contribution is -0.137. The minimum absolute atomic E-state index is 0.00533. The van der Waals surface area contributed by atoms with Crippen LogP contribution in [0.15, 0.2) is 24.3 Å². The first-order valence-electron chi connectivity index (χ1n) is 8.73. The van der Waals surface area contributed by atoms with Gasteiger partial charge >= 0.3 is 0 Å². The molecule has 0 saturated carbocycles. The second-order valence-electron chi connectivity index (χ2n) is 6.41. The van der Waals surface area contributed by atoms with Gasteiger partial charge in [-0.05, 0) is 18.6 Å². The van der Waals surface area contributed by atoms with Crippen molar-refractivity contribution in [3.05, 3.63) is 24.3 Å². The molecule has 134 valence electrons. The number of nitrogens with one attached hydrogen (secondary N) is 1. The molecule has 0 spiro atoms. The summed E-state index contributed by atoms with van der Waals surface area (Å²) in [6, 6.07) is 7.58. The predicted octanol–water partition coefficient (Wildman–Crippen LogP) is 0.916. The average molecular weight is 344 g/mol. The molecule has 3 rings (SSSR count). The Kier molecular flexibility index (Phi) is 5.21. The van der Waals surface area contributed by atoms with Crippen molar-refractivity contribution in [2.24, 2.45) is 0 Å². The Balaban J connectivity index is 1.58. The maximum absolute atomic E-state index is 12.4. The van der Waals surface area contributed by atoms with Crippen molar-refractivity contribution < 1.29 is 14.4 Å². The van der Waals surface area contributed by atoms with E-state index in [0.717, 1.165) is 24.3 Å². The third kappa shape index (κ3) is 3.92. The summed E-state index contributed by atoms with van der Waals surface area (Å²) >= 11 is 0. The van der Waals surface area contributed by atoms with Gasteiger partial charge in [0.2, 0.25) is 17.7 Å². The minimum Gasteiger partial charge on any atom is -0.374 e. The molecule has 2 heterocycles. The molecule has 0 bridgehead atoms. The van der Waals surface area contributed by atoms with Gasteiger partial charge in [-0.25, -0.2) is 0 Å². The molecular weight excluding hydrogens is 320 g/mol. The van der Waals surface area contributed by atoms with Crippen LogP contribution in [0.2, 0.25) is 0 Å². The van der Waals surface area contributed by atoms with Crippen LogP contribution in [0.4, 0.5) is 11.4 Å². The highest BCUT2D eigenvalue weighted by Crippen LogP contribution is 2.29. The van der Waals surface area contributed by atoms with E-state index in [1.807, 2.05) is 24.3 Å². The van der Waals surface area contributed by atoms with Gasteiger partial charge in [0.25, 0.3) is 0 Å². The number of rotatable bonds is 4. The van der Waals surface area contributed by atoms with Crippen molar-refractivity contribution in [3.63, 3.8) is 0 Å². The number of para-hydroxylation sites is 2. The highest BCUT2D eigenvalue weighted by atomic mass is 16.2. The standard InChI is InChI=1S/C18H24N4O3/c1-14(23)20-9-11-21(12-10-20)18(25)13-19-15-5-2-3-6-16(15)22-8-4-7-17(22)24/h2-3,5-6,19H,4,7-13H2,1H3. The molecule has 2 aliphatic rings. The van der Waals surface area contributed by atoms with Gasteiger partial charge in [0.05, 0.1) is 17.9 Å². The average Bonchev–Trinajstić information content (AvgIpc) is 3.05. The van der Waals surface area contributed by atoms with E-state index in [-0.39, 0.29) is 24.3 Å². The van der Waals surface area contributed by atoms with Crippen LogP contribution < -0.4 is 10.2 Å². The Morgan fingerprint density at radius 1 is 1.04 bits per heavy atom. The summed E-state index contributed by atoms with van der Waals surface area (Å²) in [6.07, 6.45) is 1.44. The van der Waals surface area contributed by atoms with Gasteiger partial charge in [-0.15, -0.1) is 0 Å². The molecular formula is C18H24N4O3. The van der Waals surface area contributed by atoms with E-state index in [2.05, 4.69) is 5.32 Å². The smallest absolute Gasteiger partial charge is 0.241 e. The maximum Gasteiger partial charge on any atom is 0.241 e. The van der Waals surface area contributed by atoms with E-state index in [0.29, 0.717) is 32.6 Å². The lowest BCUT2D eigenvalue weighted by Crippen LogP contribution is -2.51. The van der Waals surface area contributed by atoms with Crippen LogP contribution in [0.3, 0.4) is 0 Å². The topological polar surface area (TPSA) is 73.0 Å². The van der Waals surface area contributed by atoms with E-state index in [9.17, 15) is 14.4 Å². The Hall–Kier alpha value is -2.57. The molecule has 1 aromatic rings. The first-order valence-corrected chi connectivity index (χ1v) is 8.73. The number of amides is 3. The predicted molar refractivity (Wildman–Crippen MR) is 95.4 cm³/mol. The lowest BCUT2D eigenvalue weighted by atomic mass is 10.2. The van der Waals surface area contributed by atoms with Crippen LogP contribution >= 0.6 is 0 Å². The summed E-state index contributed by atoms with van der Waals surface area (Å²) in [5.41, 5.74) is 1.63. The fraction of sp³-hybridized carbons (Fsp3) is 0.500. The van der Waals surface area contributed by atoms with Gasteiger partial charge in [-0.2, -0.15) is 0 Å². The fourth-order valence-corrected chi connectivity index (χ4v) is 3.31. The molecule has 0 unspecified atom stereocenters. The van der Waals surface area contributed by atoms with Crippen molar-refractivity contribution in [1.82, 2.24) is 9.80 Å². The first kappa shape index (κ1) is 17.3. The zero-order chi connectivity index (χ0) is 17.8. The molecule has 0 atom stereocenters. The zero-order valence-electron chi connectivity index (χ0n) is 14.5. The summed E-state index contributed by atoms with van der Waals surface area (Å²) < 4.78 is 0. The number of carbonyl (C=O) groups excluding carboxylic acids is 3. The monoisotopic (exact) mass is 344 g/mol. The zero-order valence-corrected chi connectivity index (χ0v) is 14.5. The number of anilines is 2. The highest BCUT2D eigenvalue weighted by molar-refractivity contribution is 5.98. The molecule has 25 heavy (non-hydrogen) atoms. The number of carbonyl (C=O) groups is 3. The Morgan fingerprint density at radius 2 is 1.72 bits per heavy atom. The number of hydrogen-bond acceptors (Lipinski definition) is 4. The van der Waals surface area contributed by atoms with Gasteiger partial charge in [-0.1, -0.05) is 12.1 Å². The Bertz CT molecular complexity index is 668. The molecule has 2 saturated heterocycles. The van der Waals surface area contributed by atoms with Crippen molar-refractivity contribution in [2.75, 3.05) is 49.5 Å². The molecule has 7 nitrogen and oxygen atoms in total. The maximum atomic E-state index is 12.4. The van der Waals surface area contributed by atoms with E-state index in [1.54, 1.807) is 21.6 Å². The van der Waals surface area contributed by atoms with Gasteiger partial charge in [-0.3, -0.25) is 14.4 Å². The van der Waals surface area contributed by atoms with Crippen LogP contribution in [-0.4, -0.2) is 66.8 Å². The molecule has 2 aliphatic heterocycles. The number of hydrogen-bond donors (Lipinski definition) is 1.